The minimum atomic E-state index is 0.528. The minimum absolute atomic E-state index is 0.528. The molecule has 0 saturated carbocycles. The largest absolute Gasteiger partial charge is 0.383 e. The van der Waals surface area contributed by atoms with Gasteiger partial charge in [0.1, 0.15) is 5.82 Å². The Balaban J connectivity index is 2.61. The first-order valence-corrected chi connectivity index (χ1v) is 6.92. The number of hydrogen-bond acceptors (Lipinski definition) is 3. The van der Waals surface area contributed by atoms with E-state index < -0.39 is 0 Å². The molecule has 1 heterocycles. The molecule has 0 atom stereocenters. The molecule has 0 amide bonds. The number of aromatic nitrogens is 2. The highest BCUT2D eigenvalue weighted by molar-refractivity contribution is 14.1. The number of benzene rings is 1. The van der Waals surface area contributed by atoms with Gasteiger partial charge in [0.25, 0.3) is 0 Å². The van der Waals surface area contributed by atoms with E-state index in [2.05, 4.69) is 48.5 Å². The summed E-state index contributed by atoms with van der Waals surface area (Å²) in [7, 11) is 0. The molecule has 1 aromatic heterocycles. The van der Waals surface area contributed by atoms with Crippen LogP contribution in [-0.2, 0) is 0 Å². The smallest absolute Gasteiger partial charge is 0.162 e. The van der Waals surface area contributed by atoms with E-state index in [9.17, 15) is 0 Å². The van der Waals surface area contributed by atoms with Gasteiger partial charge < -0.3 is 5.73 Å². The molecule has 3 nitrogen and oxygen atoms in total. The Morgan fingerprint density at radius 1 is 1.24 bits per heavy atom. The average Bonchev–Trinajstić information content (AvgIpc) is 2.25. The number of hydrogen-bond donors (Lipinski definition) is 1. The molecule has 1 aromatic carbocycles. The first-order valence-electron chi connectivity index (χ1n) is 5.05. The second-order valence-electron chi connectivity index (χ2n) is 3.82. The highest BCUT2D eigenvalue weighted by Gasteiger charge is 2.10. The Morgan fingerprint density at radius 2 is 1.94 bits per heavy atom. The van der Waals surface area contributed by atoms with Gasteiger partial charge in [-0.1, -0.05) is 22.0 Å². The zero-order valence-corrected chi connectivity index (χ0v) is 13.2. The molecule has 17 heavy (non-hydrogen) atoms. The molecule has 0 radical (unpaired) electrons. The van der Waals surface area contributed by atoms with Crippen LogP contribution in [0, 0.1) is 17.4 Å². The average molecular weight is 404 g/mol. The number of halogens is 2. The van der Waals surface area contributed by atoms with Gasteiger partial charge in [0.2, 0.25) is 0 Å². The number of anilines is 1. The lowest BCUT2D eigenvalue weighted by Crippen LogP contribution is -2.02. The highest BCUT2D eigenvalue weighted by Crippen LogP contribution is 2.28. The van der Waals surface area contributed by atoms with Crippen molar-refractivity contribution in [3.8, 4) is 11.4 Å². The summed E-state index contributed by atoms with van der Waals surface area (Å²) in [5.41, 5.74) is 8.92. The molecule has 0 saturated heterocycles. The fourth-order valence-electron chi connectivity index (χ4n) is 1.50. The summed E-state index contributed by atoms with van der Waals surface area (Å²) in [4.78, 5) is 8.79. The zero-order valence-electron chi connectivity index (χ0n) is 9.46. The number of nitrogens with two attached hydrogens (primary N) is 1. The fourth-order valence-corrected chi connectivity index (χ4v) is 2.42. The maximum absolute atomic E-state index is 5.86. The molecule has 0 aliphatic heterocycles. The van der Waals surface area contributed by atoms with E-state index in [1.54, 1.807) is 0 Å². The van der Waals surface area contributed by atoms with Crippen LogP contribution >= 0.6 is 38.5 Å². The third-order valence-corrected chi connectivity index (χ3v) is 4.40. The van der Waals surface area contributed by atoms with Crippen molar-refractivity contribution in [1.29, 1.82) is 0 Å². The number of nitrogens with zero attached hydrogens (tertiary/aromatic N) is 2. The summed E-state index contributed by atoms with van der Waals surface area (Å²) >= 11 is 5.69. The molecular formula is C12H11BrIN3. The lowest BCUT2D eigenvalue weighted by molar-refractivity contribution is 1.10. The monoisotopic (exact) mass is 403 g/mol. The van der Waals surface area contributed by atoms with Crippen LogP contribution in [0.15, 0.2) is 22.7 Å². The van der Waals surface area contributed by atoms with E-state index in [4.69, 9.17) is 5.73 Å². The Morgan fingerprint density at radius 3 is 2.53 bits per heavy atom. The molecule has 0 unspecified atom stereocenters. The summed E-state index contributed by atoms with van der Waals surface area (Å²) in [6.07, 6.45) is 0. The van der Waals surface area contributed by atoms with E-state index >= 15 is 0 Å². The van der Waals surface area contributed by atoms with Crippen LogP contribution in [-0.4, -0.2) is 9.97 Å². The van der Waals surface area contributed by atoms with Crippen molar-refractivity contribution in [1.82, 2.24) is 9.97 Å². The van der Waals surface area contributed by atoms with Crippen molar-refractivity contribution in [3.63, 3.8) is 0 Å². The van der Waals surface area contributed by atoms with Gasteiger partial charge in [-0.25, -0.2) is 9.97 Å². The van der Waals surface area contributed by atoms with Gasteiger partial charge >= 0.3 is 0 Å². The second kappa shape index (κ2) is 4.89. The first kappa shape index (κ1) is 12.8. The van der Waals surface area contributed by atoms with E-state index in [1.807, 2.05) is 32.0 Å². The lowest BCUT2D eigenvalue weighted by atomic mass is 10.1. The molecule has 0 aliphatic carbocycles. The third-order valence-electron chi connectivity index (χ3n) is 2.41. The quantitative estimate of drug-likeness (QED) is 0.738. The van der Waals surface area contributed by atoms with Crippen LogP contribution in [0.2, 0.25) is 0 Å². The normalized spacial score (nSPS) is 10.6. The Kier molecular flexibility index (Phi) is 3.67. The van der Waals surface area contributed by atoms with Crippen molar-refractivity contribution >= 4 is 44.3 Å². The molecule has 2 N–H and O–H groups in total. The molecule has 2 aromatic rings. The van der Waals surface area contributed by atoms with Gasteiger partial charge in [-0.2, -0.15) is 0 Å². The number of nitrogen functional groups attached to an aromatic ring is 1. The van der Waals surface area contributed by atoms with Gasteiger partial charge in [0.05, 0.1) is 9.26 Å². The van der Waals surface area contributed by atoms with Gasteiger partial charge in [-0.05, 0) is 54.1 Å². The minimum Gasteiger partial charge on any atom is -0.383 e. The van der Waals surface area contributed by atoms with Crippen LogP contribution in [0.25, 0.3) is 11.4 Å². The van der Waals surface area contributed by atoms with Crippen molar-refractivity contribution < 1.29 is 0 Å². The van der Waals surface area contributed by atoms with Crippen molar-refractivity contribution in [2.45, 2.75) is 13.8 Å². The zero-order chi connectivity index (χ0) is 12.6. The van der Waals surface area contributed by atoms with Gasteiger partial charge in [0, 0.05) is 10.0 Å². The van der Waals surface area contributed by atoms with Gasteiger partial charge in [-0.15, -0.1) is 0 Å². The van der Waals surface area contributed by atoms with Crippen LogP contribution in [0.5, 0.6) is 0 Å². The fraction of sp³-hybridized carbons (Fsp3) is 0.167. The first-order chi connectivity index (χ1) is 7.99. The summed E-state index contributed by atoms with van der Waals surface area (Å²) in [6, 6.07) is 6.08. The van der Waals surface area contributed by atoms with Gasteiger partial charge in [-0.3, -0.25) is 0 Å². The maximum atomic E-state index is 5.86. The molecule has 2 rings (SSSR count). The highest BCUT2D eigenvalue weighted by atomic mass is 127. The molecule has 88 valence electrons. The standard InChI is InChI=1S/C12H11BrIN3/c1-6-3-4-8(9(13)5-6)12-16-7(2)10(14)11(15)17-12/h3-5H,1-2H3,(H2,15,16,17). The van der Waals surface area contributed by atoms with E-state index in [0.717, 1.165) is 19.3 Å². The predicted octanol–water partition coefficient (Wildman–Crippen LogP) is 3.71. The Bertz CT molecular complexity index is 561. The Hall–Kier alpha value is -0.690. The van der Waals surface area contributed by atoms with E-state index in [1.165, 1.54) is 5.56 Å². The molecule has 0 spiro atoms. The molecule has 0 fully saturated rings. The predicted molar refractivity (Wildman–Crippen MR) is 81.8 cm³/mol. The second-order valence-corrected chi connectivity index (χ2v) is 5.75. The summed E-state index contributed by atoms with van der Waals surface area (Å²) in [5, 5.41) is 0. The van der Waals surface area contributed by atoms with E-state index in [0.29, 0.717) is 11.6 Å². The van der Waals surface area contributed by atoms with Crippen LogP contribution in [0.3, 0.4) is 0 Å². The molecular weight excluding hydrogens is 393 g/mol. The molecule has 0 bridgehead atoms. The van der Waals surface area contributed by atoms with E-state index in [-0.39, 0.29) is 0 Å². The van der Waals surface area contributed by atoms with Crippen LogP contribution in [0.1, 0.15) is 11.3 Å². The summed E-state index contributed by atoms with van der Waals surface area (Å²) in [5.74, 6) is 1.19. The van der Waals surface area contributed by atoms with Crippen molar-refractivity contribution in [3.05, 3.63) is 37.5 Å². The summed E-state index contributed by atoms with van der Waals surface area (Å²) in [6.45, 7) is 3.98. The number of aryl methyl sites for hydroxylation is 2. The Labute approximate surface area is 122 Å². The lowest BCUT2D eigenvalue weighted by Gasteiger charge is -2.08. The summed E-state index contributed by atoms with van der Waals surface area (Å²) < 4.78 is 1.90. The maximum Gasteiger partial charge on any atom is 0.162 e. The van der Waals surface area contributed by atoms with Gasteiger partial charge in [0.15, 0.2) is 5.82 Å². The SMILES string of the molecule is Cc1ccc(-c2nc(C)c(I)c(N)n2)c(Br)c1. The van der Waals surface area contributed by atoms with Crippen LogP contribution < -0.4 is 5.73 Å². The van der Waals surface area contributed by atoms with Crippen LogP contribution in [0.4, 0.5) is 5.82 Å². The van der Waals surface area contributed by atoms with Crippen molar-refractivity contribution in [2.75, 3.05) is 5.73 Å². The topological polar surface area (TPSA) is 51.8 Å². The molecule has 0 aliphatic rings. The molecule has 5 heteroatoms. The van der Waals surface area contributed by atoms with Crippen molar-refractivity contribution in [2.24, 2.45) is 0 Å². The third kappa shape index (κ3) is 2.60. The number of rotatable bonds is 1.